The van der Waals surface area contributed by atoms with E-state index >= 15 is 0 Å². The zero-order valence-corrected chi connectivity index (χ0v) is 18.9. The summed E-state index contributed by atoms with van der Waals surface area (Å²) in [7, 11) is 0. The van der Waals surface area contributed by atoms with Crippen LogP contribution in [0.4, 0.5) is 4.79 Å². The number of nitrogens with two attached hydrogens (primary N) is 1. The lowest BCUT2D eigenvalue weighted by molar-refractivity contribution is -0.0311. The third kappa shape index (κ3) is 4.39. The number of hydrogen-bond donors (Lipinski definition) is 2. The van der Waals surface area contributed by atoms with Gasteiger partial charge in [0.2, 0.25) is 0 Å². The van der Waals surface area contributed by atoms with Crippen LogP contribution in [0.25, 0.3) is 0 Å². The first-order chi connectivity index (χ1) is 14.1. The molecule has 1 saturated carbocycles. The molecule has 2 aromatic carbocycles. The van der Waals surface area contributed by atoms with Crippen LogP contribution in [0, 0.1) is 16.7 Å². The molecule has 0 bridgehead atoms. The van der Waals surface area contributed by atoms with Gasteiger partial charge in [0.15, 0.2) is 0 Å². The molecule has 30 heavy (non-hydrogen) atoms. The third-order valence-electron chi connectivity index (χ3n) is 6.70. The molecule has 1 aliphatic carbocycles. The van der Waals surface area contributed by atoms with E-state index in [-0.39, 0.29) is 22.8 Å². The van der Waals surface area contributed by atoms with Gasteiger partial charge in [0.25, 0.3) is 0 Å². The average Bonchev–Trinajstić information content (AvgIpc) is 2.65. The van der Waals surface area contributed by atoms with Crippen LogP contribution in [-0.2, 0) is 5.54 Å². The molecule has 4 nitrogen and oxygen atoms in total. The van der Waals surface area contributed by atoms with Crippen LogP contribution in [0.1, 0.15) is 59.4 Å². The Morgan fingerprint density at radius 3 is 2.13 bits per heavy atom. The lowest BCUT2D eigenvalue weighted by Gasteiger charge is -2.58. The largest absolute Gasteiger partial charge is 0.413 e. The van der Waals surface area contributed by atoms with Gasteiger partial charge in [-0.3, -0.25) is 0 Å². The van der Waals surface area contributed by atoms with Gasteiger partial charge in [-0.1, -0.05) is 83.1 Å². The second-order valence-corrected chi connectivity index (χ2v) is 10.2. The Balaban J connectivity index is 2.07. The maximum absolute atomic E-state index is 13.2. The fraction of sp³-hybridized carbons (Fsp3) is 0.500. The summed E-state index contributed by atoms with van der Waals surface area (Å²) in [6.45, 7) is 11.2. The molecule has 0 saturated heterocycles. The standard InChI is InChI=1S/C26H36N2O2/c1-19(2)26(20-12-8-6-9-13-20,25(5)17-21(27)16-24(3,4)18-25)28-23(29)30-22-14-10-7-11-15-22/h6-15,19,21H,16-18,27H2,1-5H3,(H,28,29). The summed E-state index contributed by atoms with van der Waals surface area (Å²) < 4.78 is 5.67. The number of para-hydroxylation sites is 1. The van der Waals surface area contributed by atoms with E-state index in [0.29, 0.717) is 5.75 Å². The lowest BCUT2D eigenvalue weighted by Crippen LogP contribution is -2.63. The summed E-state index contributed by atoms with van der Waals surface area (Å²) in [5, 5.41) is 3.35. The van der Waals surface area contributed by atoms with Crippen molar-refractivity contribution in [2.75, 3.05) is 0 Å². The average molecular weight is 409 g/mol. The molecule has 1 fully saturated rings. The summed E-state index contributed by atoms with van der Waals surface area (Å²) in [5.41, 5.74) is 6.90. The fourth-order valence-corrected chi connectivity index (χ4v) is 6.09. The Morgan fingerprint density at radius 1 is 1.03 bits per heavy atom. The van der Waals surface area contributed by atoms with E-state index in [1.165, 1.54) is 0 Å². The first-order valence-corrected chi connectivity index (χ1v) is 10.9. The molecule has 0 heterocycles. The van der Waals surface area contributed by atoms with E-state index < -0.39 is 11.6 Å². The van der Waals surface area contributed by atoms with Crippen LogP contribution in [0.3, 0.4) is 0 Å². The number of amides is 1. The van der Waals surface area contributed by atoms with Crippen LogP contribution in [-0.4, -0.2) is 12.1 Å². The summed E-state index contributed by atoms with van der Waals surface area (Å²) >= 11 is 0. The highest BCUT2D eigenvalue weighted by Gasteiger charge is 2.56. The molecule has 4 heteroatoms. The monoisotopic (exact) mass is 408 g/mol. The smallest absolute Gasteiger partial charge is 0.410 e. The van der Waals surface area contributed by atoms with E-state index in [0.717, 1.165) is 24.8 Å². The first-order valence-electron chi connectivity index (χ1n) is 10.9. The maximum Gasteiger partial charge on any atom is 0.413 e. The number of carbonyl (C=O) groups excluding carboxylic acids is 1. The highest BCUT2D eigenvalue weighted by molar-refractivity contribution is 5.72. The van der Waals surface area contributed by atoms with Crippen molar-refractivity contribution in [1.29, 1.82) is 0 Å². The van der Waals surface area contributed by atoms with Gasteiger partial charge in [0.1, 0.15) is 5.75 Å². The molecule has 3 rings (SSSR count). The number of rotatable bonds is 5. The normalized spacial score (nSPS) is 25.4. The van der Waals surface area contributed by atoms with Gasteiger partial charge in [-0.15, -0.1) is 0 Å². The van der Waals surface area contributed by atoms with Crippen LogP contribution >= 0.6 is 0 Å². The van der Waals surface area contributed by atoms with E-state index in [9.17, 15) is 4.79 Å². The first kappa shape index (κ1) is 22.4. The van der Waals surface area contributed by atoms with Crippen molar-refractivity contribution in [1.82, 2.24) is 5.32 Å². The van der Waals surface area contributed by atoms with Crippen LogP contribution in [0.15, 0.2) is 60.7 Å². The molecular formula is C26H36N2O2. The zero-order chi connectivity index (χ0) is 22.0. The molecule has 0 aliphatic heterocycles. The van der Waals surface area contributed by atoms with E-state index in [1.54, 1.807) is 12.1 Å². The zero-order valence-electron chi connectivity index (χ0n) is 18.9. The molecule has 3 N–H and O–H groups in total. The summed E-state index contributed by atoms with van der Waals surface area (Å²) in [6.07, 6.45) is 2.36. The Hall–Kier alpha value is -2.33. The predicted molar refractivity (Wildman–Crippen MR) is 122 cm³/mol. The molecular weight excluding hydrogens is 372 g/mol. The van der Waals surface area contributed by atoms with Gasteiger partial charge in [-0.25, -0.2) is 4.79 Å². The van der Waals surface area contributed by atoms with Crippen LogP contribution in [0.5, 0.6) is 5.75 Å². The fourth-order valence-electron chi connectivity index (χ4n) is 6.09. The predicted octanol–water partition coefficient (Wildman–Crippen LogP) is 5.87. The molecule has 1 aliphatic rings. The number of benzene rings is 2. The maximum atomic E-state index is 13.2. The topological polar surface area (TPSA) is 64.3 Å². The minimum absolute atomic E-state index is 0.0896. The van der Waals surface area contributed by atoms with Gasteiger partial charge in [0, 0.05) is 6.04 Å². The summed E-state index contributed by atoms with van der Waals surface area (Å²) in [5.74, 6) is 0.667. The van der Waals surface area contributed by atoms with Crippen molar-refractivity contribution < 1.29 is 9.53 Å². The van der Waals surface area contributed by atoms with Gasteiger partial charge >= 0.3 is 6.09 Å². The van der Waals surface area contributed by atoms with Crippen molar-refractivity contribution >= 4 is 6.09 Å². The van der Waals surface area contributed by atoms with E-state index in [4.69, 9.17) is 10.5 Å². The molecule has 162 valence electrons. The van der Waals surface area contributed by atoms with Gasteiger partial charge in [-0.05, 0) is 53.7 Å². The third-order valence-corrected chi connectivity index (χ3v) is 6.70. The number of ether oxygens (including phenoxy) is 1. The van der Waals surface area contributed by atoms with Crippen LogP contribution < -0.4 is 15.8 Å². The quantitative estimate of drug-likeness (QED) is 0.650. The Morgan fingerprint density at radius 2 is 1.60 bits per heavy atom. The van der Waals surface area contributed by atoms with Crippen molar-refractivity contribution in [2.45, 2.75) is 65.5 Å². The molecule has 0 aromatic heterocycles. The van der Waals surface area contributed by atoms with Crippen molar-refractivity contribution in [2.24, 2.45) is 22.5 Å². The second kappa shape index (κ2) is 8.43. The molecule has 3 atom stereocenters. The minimum atomic E-state index is -0.616. The number of hydrogen-bond acceptors (Lipinski definition) is 3. The SMILES string of the molecule is CC(C)C(NC(=O)Oc1ccccc1)(c1ccccc1)C1(C)CC(N)CC(C)(C)C1. The summed E-state index contributed by atoms with van der Waals surface area (Å²) in [6, 6.07) is 19.6. The van der Waals surface area contributed by atoms with Crippen molar-refractivity contribution in [3.05, 3.63) is 66.2 Å². The highest BCUT2D eigenvalue weighted by Crippen LogP contribution is 2.57. The molecule has 0 spiro atoms. The molecule has 1 amide bonds. The Labute approximate surface area is 181 Å². The highest BCUT2D eigenvalue weighted by atomic mass is 16.6. The van der Waals surface area contributed by atoms with Gasteiger partial charge < -0.3 is 15.8 Å². The summed E-state index contributed by atoms with van der Waals surface area (Å²) in [4.78, 5) is 13.2. The van der Waals surface area contributed by atoms with Crippen molar-refractivity contribution in [3.8, 4) is 5.75 Å². The number of nitrogens with one attached hydrogen (secondary N) is 1. The molecule has 0 radical (unpaired) electrons. The van der Waals surface area contributed by atoms with E-state index in [2.05, 4.69) is 52.1 Å². The second-order valence-electron chi connectivity index (χ2n) is 10.2. The van der Waals surface area contributed by atoms with Crippen LogP contribution in [0.2, 0.25) is 0 Å². The van der Waals surface area contributed by atoms with Gasteiger partial charge in [0.05, 0.1) is 5.54 Å². The minimum Gasteiger partial charge on any atom is -0.410 e. The van der Waals surface area contributed by atoms with E-state index in [1.807, 2.05) is 36.4 Å². The molecule has 3 unspecified atom stereocenters. The van der Waals surface area contributed by atoms with Crippen molar-refractivity contribution in [3.63, 3.8) is 0 Å². The number of carbonyl (C=O) groups is 1. The molecule has 2 aromatic rings. The Bertz CT molecular complexity index is 850. The Kier molecular flexibility index (Phi) is 6.28. The van der Waals surface area contributed by atoms with Gasteiger partial charge in [-0.2, -0.15) is 0 Å². The lowest BCUT2D eigenvalue weighted by atomic mass is 9.51.